The molecule has 1 amide bonds. The first kappa shape index (κ1) is 27.1. The van der Waals surface area contributed by atoms with Crippen molar-refractivity contribution < 1.29 is 13.9 Å². The maximum absolute atomic E-state index is 14.0. The average Bonchev–Trinajstić information content (AvgIpc) is 2.88. The van der Waals surface area contributed by atoms with Gasteiger partial charge in [-0.15, -0.1) is 0 Å². The van der Waals surface area contributed by atoms with Crippen molar-refractivity contribution in [2.75, 3.05) is 13.1 Å². The number of carbonyl (C=O) groups excluding carboxylic acids is 1. The van der Waals surface area contributed by atoms with Crippen molar-refractivity contribution in [3.8, 4) is 22.5 Å². The lowest BCUT2D eigenvalue weighted by Gasteiger charge is -2.35. The largest absolute Gasteiger partial charge is 0.456 e. The third-order valence-corrected chi connectivity index (χ3v) is 7.67. The summed E-state index contributed by atoms with van der Waals surface area (Å²) in [6.07, 6.45) is 3.80. The summed E-state index contributed by atoms with van der Waals surface area (Å²) in [6, 6.07) is 15.6. The Bertz CT molecular complexity index is 1550. The minimum absolute atomic E-state index is 0.0263. The van der Waals surface area contributed by atoms with Crippen LogP contribution in [0.4, 0.5) is 0 Å². The molecule has 2 aliphatic heterocycles. The van der Waals surface area contributed by atoms with Crippen LogP contribution in [0.1, 0.15) is 74.0 Å². The maximum Gasteiger partial charge on any atom is 0.254 e. The summed E-state index contributed by atoms with van der Waals surface area (Å²) in [6.45, 7) is 13.7. The first-order valence-electron chi connectivity index (χ1n) is 14.1. The topological polar surface area (TPSA) is 59.8 Å². The number of amides is 1. The SMILES string of the molecule is CCCc1cc2oc3cc(=O)c(C)cc-3c(-c3ccccc3C(=O)N3CCC(OC(C)(C)C)CC3)c2cc1C. The summed E-state index contributed by atoms with van der Waals surface area (Å²) >= 11 is 0. The molecule has 2 aromatic rings. The Balaban J connectivity index is 1.64. The normalized spacial score (nSPS) is 14.9. The van der Waals surface area contributed by atoms with E-state index in [1.54, 1.807) is 6.07 Å². The van der Waals surface area contributed by atoms with Gasteiger partial charge in [-0.1, -0.05) is 31.5 Å². The molecule has 0 aromatic heterocycles. The standard InChI is InChI=1S/C34H39NO4/c1-7-10-23-19-30-27(17-21(23)2)32(28-18-22(3)29(36)20-31(28)38-30)25-11-8-9-12-26(25)33(37)35-15-13-24(14-16-35)39-34(4,5)6/h8-9,11-12,17-20,24H,7,10,13-16H2,1-6H3. The number of rotatable bonds is 5. The fraction of sp³-hybridized carbons (Fsp3) is 0.412. The summed E-state index contributed by atoms with van der Waals surface area (Å²) < 4.78 is 12.5. The van der Waals surface area contributed by atoms with E-state index >= 15 is 0 Å². The van der Waals surface area contributed by atoms with Gasteiger partial charge in [0.05, 0.1) is 11.7 Å². The molecule has 2 heterocycles. The molecule has 2 aromatic carbocycles. The van der Waals surface area contributed by atoms with E-state index < -0.39 is 0 Å². The van der Waals surface area contributed by atoms with Crippen LogP contribution in [0.25, 0.3) is 33.4 Å². The molecule has 0 saturated carbocycles. The zero-order valence-electron chi connectivity index (χ0n) is 24.0. The van der Waals surface area contributed by atoms with Crippen LogP contribution >= 0.6 is 0 Å². The number of piperidine rings is 1. The van der Waals surface area contributed by atoms with Crippen LogP contribution in [0.2, 0.25) is 0 Å². The smallest absolute Gasteiger partial charge is 0.254 e. The van der Waals surface area contributed by atoms with Crippen molar-refractivity contribution in [1.29, 1.82) is 0 Å². The van der Waals surface area contributed by atoms with Crippen molar-refractivity contribution in [3.05, 3.63) is 81.0 Å². The number of hydrogen-bond donors (Lipinski definition) is 0. The quantitative estimate of drug-likeness (QED) is 0.252. The summed E-state index contributed by atoms with van der Waals surface area (Å²) in [4.78, 5) is 28.6. The molecule has 1 aliphatic carbocycles. The summed E-state index contributed by atoms with van der Waals surface area (Å²) in [7, 11) is 0. The van der Waals surface area contributed by atoms with Crippen molar-refractivity contribution in [1.82, 2.24) is 4.90 Å². The number of carbonyl (C=O) groups is 1. The molecule has 5 rings (SSSR count). The van der Waals surface area contributed by atoms with E-state index in [0.29, 0.717) is 30.0 Å². The van der Waals surface area contributed by atoms with Crippen LogP contribution in [-0.2, 0) is 11.2 Å². The lowest BCUT2D eigenvalue weighted by molar-refractivity contribution is -0.0791. The van der Waals surface area contributed by atoms with Crippen LogP contribution in [0, 0.1) is 13.8 Å². The first-order chi connectivity index (χ1) is 18.6. The van der Waals surface area contributed by atoms with E-state index in [4.69, 9.17) is 9.15 Å². The monoisotopic (exact) mass is 525 g/mol. The Morgan fingerprint density at radius 1 is 1.00 bits per heavy atom. The van der Waals surface area contributed by atoms with Crippen LogP contribution in [-0.4, -0.2) is 35.6 Å². The third kappa shape index (κ3) is 5.51. The fourth-order valence-electron chi connectivity index (χ4n) is 5.79. The van der Waals surface area contributed by atoms with E-state index in [2.05, 4.69) is 46.8 Å². The molecular formula is C34H39NO4. The van der Waals surface area contributed by atoms with Crippen LogP contribution < -0.4 is 5.43 Å². The number of aryl methyl sites for hydroxylation is 3. The van der Waals surface area contributed by atoms with E-state index in [0.717, 1.165) is 53.3 Å². The Kier molecular flexibility index (Phi) is 7.39. The molecule has 204 valence electrons. The Hall–Kier alpha value is -3.44. The summed E-state index contributed by atoms with van der Waals surface area (Å²) in [5.74, 6) is 0.570. The number of fused-ring (bicyclic) bond motifs is 2. The predicted octanol–water partition coefficient (Wildman–Crippen LogP) is 7.55. The third-order valence-electron chi connectivity index (χ3n) is 7.67. The van der Waals surface area contributed by atoms with Crippen LogP contribution in [0.15, 0.2) is 57.7 Å². The predicted molar refractivity (Wildman–Crippen MR) is 158 cm³/mol. The molecule has 0 unspecified atom stereocenters. The summed E-state index contributed by atoms with van der Waals surface area (Å²) in [5, 5.41) is 0.954. The van der Waals surface area contributed by atoms with Gasteiger partial charge in [0.25, 0.3) is 5.91 Å². The van der Waals surface area contributed by atoms with Gasteiger partial charge in [0.15, 0.2) is 5.43 Å². The molecule has 0 N–H and O–H groups in total. The number of likely N-dealkylation sites (tertiary alicyclic amines) is 1. The second-order valence-corrected chi connectivity index (χ2v) is 11.9. The van der Waals surface area contributed by atoms with E-state index in [1.165, 1.54) is 11.1 Å². The van der Waals surface area contributed by atoms with E-state index in [-0.39, 0.29) is 23.0 Å². The van der Waals surface area contributed by atoms with Gasteiger partial charge in [-0.25, -0.2) is 0 Å². The molecule has 3 aliphatic rings. The van der Waals surface area contributed by atoms with Gasteiger partial charge < -0.3 is 14.1 Å². The molecule has 0 bridgehead atoms. The second-order valence-electron chi connectivity index (χ2n) is 11.9. The van der Waals surface area contributed by atoms with Crippen molar-refractivity contribution >= 4 is 16.9 Å². The van der Waals surface area contributed by atoms with Gasteiger partial charge in [-0.2, -0.15) is 0 Å². The lowest BCUT2D eigenvalue weighted by Crippen LogP contribution is -2.42. The number of nitrogens with zero attached hydrogens (tertiary/aromatic N) is 1. The first-order valence-corrected chi connectivity index (χ1v) is 14.1. The molecule has 1 saturated heterocycles. The van der Waals surface area contributed by atoms with Gasteiger partial charge in [-0.05, 0) is 100 Å². The Morgan fingerprint density at radius 2 is 1.72 bits per heavy atom. The number of ether oxygens (including phenoxy) is 1. The molecule has 5 nitrogen and oxygen atoms in total. The van der Waals surface area contributed by atoms with E-state index in [9.17, 15) is 9.59 Å². The minimum Gasteiger partial charge on any atom is -0.456 e. The van der Waals surface area contributed by atoms with E-state index in [1.807, 2.05) is 42.2 Å². The van der Waals surface area contributed by atoms with Crippen molar-refractivity contribution in [2.45, 2.75) is 78.9 Å². The average molecular weight is 526 g/mol. The van der Waals surface area contributed by atoms with Gasteiger partial charge >= 0.3 is 0 Å². The minimum atomic E-state index is -0.193. The molecule has 1 fully saturated rings. The van der Waals surface area contributed by atoms with Crippen molar-refractivity contribution in [2.24, 2.45) is 0 Å². The van der Waals surface area contributed by atoms with Gasteiger partial charge in [0.2, 0.25) is 0 Å². The molecular weight excluding hydrogens is 486 g/mol. The molecule has 39 heavy (non-hydrogen) atoms. The highest BCUT2D eigenvalue weighted by Crippen LogP contribution is 2.42. The van der Waals surface area contributed by atoms with Gasteiger partial charge in [0, 0.05) is 41.2 Å². The summed E-state index contributed by atoms with van der Waals surface area (Å²) in [5.41, 5.74) is 6.89. The van der Waals surface area contributed by atoms with Gasteiger partial charge in [0.1, 0.15) is 11.3 Å². The highest BCUT2D eigenvalue weighted by atomic mass is 16.5. The Labute approximate surface area is 231 Å². The molecule has 0 atom stereocenters. The van der Waals surface area contributed by atoms with Crippen LogP contribution in [0.3, 0.4) is 0 Å². The lowest BCUT2D eigenvalue weighted by atomic mass is 9.88. The highest BCUT2D eigenvalue weighted by Gasteiger charge is 2.29. The van der Waals surface area contributed by atoms with Crippen molar-refractivity contribution in [3.63, 3.8) is 0 Å². The fourth-order valence-corrected chi connectivity index (χ4v) is 5.79. The van der Waals surface area contributed by atoms with Gasteiger partial charge in [-0.3, -0.25) is 9.59 Å². The van der Waals surface area contributed by atoms with Crippen LogP contribution in [0.5, 0.6) is 0 Å². The number of hydrogen-bond acceptors (Lipinski definition) is 4. The Morgan fingerprint density at radius 3 is 2.41 bits per heavy atom. The highest BCUT2D eigenvalue weighted by molar-refractivity contribution is 6.09. The second kappa shape index (κ2) is 10.6. The zero-order valence-corrected chi connectivity index (χ0v) is 24.0. The molecule has 0 spiro atoms. The molecule has 5 heteroatoms. The zero-order chi connectivity index (χ0) is 27.9. The maximum atomic E-state index is 14.0. The number of benzene rings is 3. The molecule has 0 radical (unpaired) electrons.